The van der Waals surface area contributed by atoms with Crippen LogP contribution in [0.2, 0.25) is 0 Å². The number of nitrogens with zero attached hydrogens (tertiary/aromatic N) is 2. The average molecular weight is 311 g/mol. The Labute approximate surface area is 137 Å². The second-order valence-electron chi connectivity index (χ2n) is 5.72. The van der Waals surface area contributed by atoms with Crippen molar-refractivity contribution in [2.45, 2.75) is 0 Å². The van der Waals surface area contributed by atoms with Gasteiger partial charge in [-0.15, -0.1) is 0 Å². The van der Waals surface area contributed by atoms with Crippen LogP contribution in [-0.4, -0.2) is 15.0 Å². The maximum atomic E-state index is 5.43. The molecule has 0 aliphatic rings. The highest BCUT2D eigenvalue weighted by Gasteiger charge is 2.09. The quantitative estimate of drug-likeness (QED) is 0.497. The molecule has 4 nitrogen and oxygen atoms in total. The van der Waals surface area contributed by atoms with Crippen molar-refractivity contribution in [3.05, 3.63) is 73.1 Å². The Bertz CT molecular complexity index is 1160. The van der Waals surface area contributed by atoms with E-state index in [2.05, 4.69) is 45.3 Å². The second-order valence-corrected chi connectivity index (χ2v) is 5.72. The molecular weight excluding hydrogens is 298 g/mol. The Balaban J connectivity index is 1.63. The molecule has 0 unspecified atom stereocenters. The fraction of sp³-hybridized carbons (Fsp3) is 0. The van der Waals surface area contributed by atoms with Crippen LogP contribution in [0, 0.1) is 0 Å². The summed E-state index contributed by atoms with van der Waals surface area (Å²) in [4.78, 5) is 12.4. The Morgan fingerprint density at radius 2 is 1.75 bits per heavy atom. The van der Waals surface area contributed by atoms with E-state index in [4.69, 9.17) is 4.42 Å². The lowest BCUT2D eigenvalue weighted by Gasteiger charge is -2.00. The van der Waals surface area contributed by atoms with Crippen LogP contribution in [0.4, 0.5) is 0 Å². The number of aromatic nitrogens is 3. The van der Waals surface area contributed by atoms with E-state index in [0.717, 1.165) is 28.2 Å². The molecule has 0 radical (unpaired) electrons. The molecule has 5 aromatic rings. The molecule has 0 amide bonds. The molecule has 5 rings (SSSR count). The summed E-state index contributed by atoms with van der Waals surface area (Å²) in [5.41, 5.74) is 3.58. The minimum absolute atomic E-state index is 0.702. The third-order valence-electron chi connectivity index (χ3n) is 4.17. The second kappa shape index (κ2) is 5.06. The van der Waals surface area contributed by atoms with Crippen LogP contribution in [0.1, 0.15) is 0 Å². The first-order valence-corrected chi connectivity index (χ1v) is 7.76. The van der Waals surface area contributed by atoms with Gasteiger partial charge in [0.1, 0.15) is 11.6 Å². The lowest BCUT2D eigenvalue weighted by atomic mass is 10.1. The van der Waals surface area contributed by atoms with Crippen LogP contribution in [0.15, 0.2) is 77.5 Å². The molecule has 3 heterocycles. The van der Waals surface area contributed by atoms with E-state index >= 15 is 0 Å². The van der Waals surface area contributed by atoms with Crippen molar-refractivity contribution in [2.24, 2.45) is 0 Å². The number of furan rings is 1. The van der Waals surface area contributed by atoms with Gasteiger partial charge in [0.15, 0.2) is 5.65 Å². The molecule has 0 fully saturated rings. The molecule has 24 heavy (non-hydrogen) atoms. The van der Waals surface area contributed by atoms with E-state index in [1.807, 2.05) is 30.3 Å². The summed E-state index contributed by atoms with van der Waals surface area (Å²) in [6, 6.07) is 20.4. The largest absolute Gasteiger partial charge is 0.464 e. The van der Waals surface area contributed by atoms with Crippen molar-refractivity contribution in [1.82, 2.24) is 15.0 Å². The van der Waals surface area contributed by atoms with Gasteiger partial charge in [-0.2, -0.15) is 0 Å². The first-order chi connectivity index (χ1) is 11.9. The zero-order valence-corrected chi connectivity index (χ0v) is 12.7. The molecule has 2 aromatic carbocycles. The van der Waals surface area contributed by atoms with Gasteiger partial charge in [-0.3, -0.25) is 0 Å². The molecule has 114 valence electrons. The number of rotatable bonds is 2. The summed E-state index contributed by atoms with van der Waals surface area (Å²) in [6.07, 6.45) is 3.44. The van der Waals surface area contributed by atoms with Crippen LogP contribution < -0.4 is 0 Å². The molecule has 0 aliphatic carbocycles. The van der Waals surface area contributed by atoms with E-state index in [0.29, 0.717) is 5.65 Å². The maximum Gasteiger partial charge on any atom is 0.178 e. The van der Waals surface area contributed by atoms with Crippen molar-refractivity contribution in [3.8, 4) is 22.7 Å². The van der Waals surface area contributed by atoms with Gasteiger partial charge in [0, 0.05) is 17.3 Å². The summed E-state index contributed by atoms with van der Waals surface area (Å²) in [5.74, 6) is 1.62. The number of nitrogens with one attached hydrogen (secondary N) is 1. The Morgan fingerprint density at radius 3 is 2.62 bits per heavy atom. The number of aromatic amines is 1. The van der Waals surface area contributed by atoms with Crippen molar-refractivity contribution >= 4 is 21.9 Å². The highest BCUT2D eigenvalue weighted by atomic mass is 16.3. The molecule has 0 saturated heterocycles. The summed E-state index contributed by atoms with van der Waals surface area (Å²) >= 11 is 0. The normalized spacial score (nSPS) is 11.3. The van der Waals surface area contributed by atoms with Gasteiger partial charge in [0.25, 0.3) is 0 Å². The predicted octanol–water partition coefficient (Wildman–Crippen LogP) is 5.04. The van der Waals surface area contributed by atoms with E-state index in [1.165, 1.54) is 10.8 Å². The molecule has 0 bridgehead atoms. The van der Waals surface area contributed by atoms with Crippen molar-refractivity contribution in [3.63, 3.8) is 0 Å². The molecule has 0 atom stereocenters. The molecule has 0 aliphatic heterocycles. The maximum absolute atomic E-state index is 5.43. The molecule has 0 saturated carbocycles. The van der Waals surface area contributed by atoms with Gasteiger partial charge in [-0.05, 0) is 35.0 Å². The third kappa shape index (κ3) is 2.08. The van der Waals surface area contributed by atoms with Gasteiger partial charge >= 0.3 is 0 Å². The van der Waals surface area contributed by atoms with E-state index < -0.39 is 0 Å². The summed E-state index contributed by atoms with van der Waals surface area (Å²) in [5, 5.41) is 2.41. The Morgan fingerprint density at radius 1 is 0.833 bits per heavy atom. The van der Waals surface area contributed by atoms with Gasteiger partial charge in [0.2, 0.25) is 0 Å². The van der Waals surface area contributed by atoms with Crippen LogP contribution >= 0.6 is 0 Å². The van der Waals surface area contributed by atoms with E-state index in [1.54, 1.807) is 12.5 Å². The smallest absolute Gasteiger partial charge is 0.178 e. The summed E-state index contributed by atoms with van der Waals surface area (Å²) in [6.45, 7) is 0. The minimum atomic E-state index is 0.702. The average Bonchev–Trinajstić information content (AvgIpc) is 3.30. The molecular formula is C20H13N3O. The zero-order chi connectivity index (χ0) is 15.9. The van der Waals surface area contributed by atoms with E-state index in [9.17, 15) is 0 Å². The van der Waals surface area contributed by atoms with Crippen molar-refractivity contribution in [2.75, 3.05) is 0 Å². The summed E-state index contributed by atoms with van der Waals surface area (Å²) in [7, 11) is 0. The van der Waals surface area contributed by atoms with Gasteiger partial charge in [-0.1, -0.05) is 36.4 Å². The third-order valence-corrected chi connectivity index (χ3v) is 4.17. The SMILES string of the molecule is c1coc(-c2cnc3nc(-c4ccc5ccccc5c4)[nH]c3c2)c1. The van der Waals surface area contributed by atoms with E-state index in [-0.39, 0.29) is 0 Å². The zero-order valence-electron chi connectivity index (χ0n) is 12.7. The number of hydrogen-bond acceptors (Lipinski definition) is 3. The van der Waals surface area contributed by atoms with Crippen LogP contribution in [0.3, 0.4) is 0 Å². The lowest BCUT2D eigenvalue weighted by molar-refractivity contribution is 0.582. The number of pyridine rings is 1. The van der Waals surface area contributed by atoms with Gasteiger partial charge < -0.3 is 9.40 Å². The predicted molar refractivity (Wildman–Crippen MR) is 94.5 cm³/mol. The fourth-order valence-corrected chi connectivity index (χ4v) is 2.95. The fourth-order valence-electron chi connectivity index (χ4n) is 2.95. The van der Waals surface area contributed by atoms with Crippen LogP contribution in [0.25, 0.3) is 44.6 Å². The number of H-pyrrole nitrogens is 1. The number of imidazole rings is 1. The molecule has 4 heteroatoms. The first-order valence-electron chi connectivity index (χ1n) is 7.76. The van der Waals surface area contributed by atoms with Gasteiger partial charge in [0.05, 0.1) is 11.8 Å². The number of fused-ring (bicyclic) bond motifs is 2. The van der Waals surface area contributed by atoms with Crippen molar-refractivity contribution < 1.29 is 4.42 Å². The van der Waals surface area contributed by atoms with Crippen LogP contribution in [-0.2, 0) is 0 Å². The monoisotopic (exact) mass is 311 g/mol. The summed E-state index contributed by atoms with van der Waals surface area (Å²) < 4.78 is 5.43. The molecule has 3 aromatic heterocycles. The molecule has 1 N–H and O–H groups in total. The van der Waals surface area contributed by atoms with Gasteiger partial charge in [-0.25, -0.2) is 9.97 Å². The molecule has 0 spiro atoms. The Hall–Kier alpha value is -3.40. The lowest BCUT2D eigenvalue weighted by Crippen LogP contribution is -1.81. The highest BCUT2D eigenvalue weighted by Crippen LogP contribution is 2.26. The van der Waals surface area contributed by atoms with Crippen LogP contribution in [0.5, 0.6) is 0 Å². The minimum Gasteiger partial charge on any atom is -0.464 e. The number of hydrogen-bond donors (Lipinski definition) is 1. The number of benzene rings is 2. The topological polar surface area (TPSA) is 54.7 Å². The highest BCUT2D eigenvalue weighted by molar-refractivity contribution is 5.87. The Kier molecular flexibility index (Phi) is 2.76. The first kappa shape index (κ1) is 13.1. The standard InChI is InChI=1S/C20H13N3O/c1-2-5-14-10-15(8-7-13(14)4-1)19-22-17-11-16(12-21-20(17)23-19)18-6-3-9-24-18/h1-12H,(H,21,22,23). The van der Waals surface area contributed by atoms with Crippen molar-refractivity contribution in [1.29, 1.82) is 0 Å².